The molecule has 4 rings (SSSR count). The minimum Gasteiger partial charge on any atom is -0.504 e. The number of aryl methyl sites for hydroxylation is 1. The minimum absolute atomic E-state index is 0.189. The second-order valence-corrected chi connectivity index (χ2v) is 6.88. The van der Waals surface area contributed by atoms with Gasteiger partial charge in [-0.3, -0.25) is 4.90 Å². The van der Waals surface area contributed by atoms with Crippen molar-refractivity contribution in [2.24, 2.45) is 0 Å². The molecule has 0 bridgehead atoms. The van der Waals surface area contributed by atoms with Crippen LogP contribution in [0.5, 0.6) is 11.5 Å². The summed E-state index contributed by atoms with van der Waals surface area (Å²) in [6.45, 7) is 5.33. The molecule has 1 unspecified atom stereocenters. The van der Waals surface area contributed by atoms with Crippen LogP contribution in [0.1, 0.15) is 24.5 Å². The molecule has 0 aromatic heterocycles. The second kappa shape index (κ2) is 4.78. The number of aromatic hydroxyl groups is 1. The van der Waals surface area contributed by atoms with Crippen molar-refractivity contribution in [1.29, 1.82) is 0 Å². The maximum absolute atomic E-state index is 10.4. The highest BCUT2D eigenvalue weighted by molar-refractivity contribution is 5.64. The molecule has 0 amide bonds. The summed E-state index contributed by atoms with van der Waals surface area (Å²) >= 11 is 0. The first kappa shape index (κ1) is 14.6. The maximum Gasteiger partial charge on any atom is 0.169 e. The van der Waals surface area contributed by atoms with E-state index in [0.29, 0.717) is 11.8 Å². The summed E-state index contributed by atoms with van der Waals surface area (Å²) in [5, 5.41) is 10.4. The number of phenols is 1. The minimum atomic E-state index is -0.232. The summed E-state index contributed by atoms with van der Waals surface area (Å²) in [5.41, 5.74) is 3.42. The molecule has 1 saturated heterocycles. The molecule has 0 saturated carbocycles. The average Bonchev–Trinajstić information content (AvgIpc) is 2.90. The molecule has 1 fully saturated rings. The van der Waals surface area contributed by atoms with Crippen LogP contribution in [-0.4, -0.2) is 42.9 Å². The zero-order valence-corrected chi connectivity index (χ0v) is 14.1. The number of nitrogens with zero attached hydrogens (tertiary/aromatic N) is 1. The Hall–Kier alpha value is -1.94. The van der Waals surface area contributed by atoms with Crippen LogP contribution in [-0.2, 0) is 10.2 Å². The SMILES string of the molecule is COC1=CC=C2C(C)N(C)CC[C@@]23c2c(C)ccc(O)c2O[C@@H]13. The summed E-state index contributed by atoms with van der Waals surface area (Å²) in [7, 11) is 3.85. The van der Waals surface area contributed by atoms with Gasteiger partial charge in [-0.1, -0.05) is 12.1 Å². The number of likely N-dealkylation sites (tertiary alicyclic amines) is 1. The van der Waals surface area contributed by atoms with Crippen LogP contribution >= 0.6 is 0 Å². The molecule has 1 aliphatic carbocycles. The highest BCUT2D eigenvalue weighted by Crippen LogP contribution is 2.59. The Bertz CT molecular complexity index is 736. The Morgan fingerprint density at radius 1 is 1.35 bits per heavy atom. The zero-order valence-electron chi connectivity index (χ0n) is 14.1. The van der Waals surface area contributed by atoms with Gasteiger partial charge in [0.15, 0.2) is 17.6 Å². The monoisotopic (exact) mass is 313 g/mol. The molecule has 1 aromatic rings. The number of allylic oxidation sites excluding steroid dienone is 2. The van der Waals surface area contributed by atoms with E-state index in [0.717, 1.165) is 24.3 Å². The lowest BCUT2D eigenvalue weighted by molar-refractivity contribution is 0.0807. The van der Waals surface area contributed by atoms with E-state index >= 15 is 0 Å². The third kappa shape index (κ3) is 1.70. The highest BCUT2D eigenvalue weighted by Gasteiger charge is 2.58. The fraction of sp³-hybridized carbons (Fsp3) is 0.474. The Morgan fingerprint density at radius 3 is 2.87 bits per heavy atom. The number of piperidine rings is 1. The number of fused-ring (bicyclic) bond motifs is 1. The summed E-state index contributed by atoms with van der Waals surface area (Å²) in [6, 6.07) is 4.04. The molecule has 1 spiro atoms. The van der Waals surface area contributed by atoms with Gasteiger partial charge in [-0.25, -0.2) is 0 Å². The van der Waals surface area contributed by atoms with Crippen LogP contribution in [0, 0.1) is 6.92 Å². The van der Waals surface area contributed by atoms with Gasteiger partial charge in [0.2, 0.25) is 0 Å². The number of phenolic OH excluding ortho intramolecular Hbond substituents is 1. The van der Waals surface area contributed by atoms with Gasteiger partial charge < -0.3 is 14.6 Å². The van der Waals surface area contributed by atoms with Crippen LogP contribution in [0.15, 0.2) is 35.6 Å². The van der Waals surface area contributed by atoms with Crippen molar-refractivity contribution in [1.82, 2.24) is 4.90 Å². The van der Waals surface area contributed by atoms with Crippen molar-refractivity contribution in [3.8, 4) is 11.5 Å². The van der Waals surface area contributed by atoms with Crippen molar-refractivity contribution in [2.45, 2.75) is 37.8 Å². The van der Waals surface area contributed by atoms with Crippen molar-refractivity contribution >= 4 is 0 Å². The van der Waals surface area contributed by atoms with E-state index in [4.69, 9.17) is 9.47 Å². The van der Waals surface area contributed by atoms with Crippen LogP contribution < -0.4 is 4.74 Å². The smallest absolute Gasteiger partial charge is 0.169 e. The normalized spacial score (nSPS) is 32.2. The molecule has 3 atom stereocenters. The first-order valence-corrected chi connectivity index (χ1v) is 8.17. The van der Waals surface area contributed by atoms with Gasteiger partial charge in [-0.05, 0) is 57.1 Å². The predicted molar refractivity (Wildman–Crippen MR) is 88.8 cm³/mol. The molecule has 4 heteroatoms. The van der Waals surface area contributed by atoms with Gasteiger partial charge >= 0.3 is 0 Å². The Kier molecular flexibility index (Phi) is 3.04. The fourth-order valence-electron chi connectivity index (χ4n) is 4.57. The van der Waals surface area contributed by atoms with E-state index < -0.39 is 0 Å². The van der Waals surface area contributed by atoms with E-state index in [9.17, 15) is 5.11 Å². The number of hydrogen-bond acceptors (Lipinski definition) is 4. The summed E-state index contributed by atoms with van der Waals surface area (Å²) in [5.74, 6) is 1.68. The number of rotatable bonds is 1. The number of hydrogen-bond donors (Lipinski definition) is 1. The first-order chi connectivity index (χ1) is 11.0. The molecule has 1 N–H and O–H groups in total. The topological polar surface area (TPSA) is 41.9 Å². The van der Waals surface area contributed by atoms with Gasteiger partial charge in [0.25, 0.3) is 0 Å². The van der Waals surface area contributed by atoms with E-state index in [2.05, 4.69) is 31.9 Å². The number of benzene rings is 1. The third-order valence-electron chi connectivity index (χ3n) is 5.88. The Balaban J connectivity index is 2.01. The molecule has 2 aliphatic heterocycles. The van der Waals surface area contributed by atoms with Gasteiger partial charge in [-0.15, -0.1) is 0 Å². The first-order valence-electron chi connectivity index (χ1n) is 8.17. The lowest BCUT2D eigenvalue weighted by Crippen LogP contribution is -2.54. The molecule has 4 nitrogen and oxygen atoms in total. The number of ether oxygens (including phenoxy) is 2. The fourth-order valence-corrected chi connectivity index (χ4v) is 4.57. The van der Waals surface area contributed by atoms with Gasteiger partial charge in [0.05, 0.1) is 12.5 Å². The quantitative estimate of drug-likeness (QED) is 0.865. The molecule has 2 heterocycles. The maximum atomic E-state index is 10.4. The van der Waals surface area contributed by atoms with Crippen molar-refractivity contribution in [3.05, 3.63) is 46.7 Å². The van der Waals surface area contributed by atoms with Crippen molar-refractivity contribution in [3.63, 3.8) is 0 Å². The molecular formula is C19H23NO3. The van der Waals surface area contributed by atoms with Crippen LogP contribution in [0.25, 0.3) is 0 Å². The lowest BCUT2D eigenvalue weighted by Gasteiger charge is -2.48. The molecule has 0 radical (unpaired) electrons. The van der Waals surface area contributed by atoms with Crippen LogP contribution in [0.3, 0.4) is 0 Å². The molecule has 3 aliphatic rings. The van der Waals surface area contributed by atoms with E-state index in [1.54, 1.807) is 13.2 Å². The van der Waals surface area contributed by atoms with Crippen molar-refractivity contribution < 1.29 is 14.6 Å². The summed E-state index contributed by atoms with van der Waals surface area (Å²) in [4.78, 5) is 2.37. The average molecular weight is 313 g/mol. The highest BCUT2D eigenvalue weighted by atomic mass is 16.5. The van der Waals surface area contributed by atoms with Crippen molar-refractivity contribution in [2.75, 3.05) is 20.7 Å². The van der Waals surface area contributed by atoms with Gasteiger partial charge in [-0.2, -0.15) is 0 Å². The Morgan fingerprint density at radius 2 is 2.13 bits per heavy atom. The van der Waals surface area contributed by atoms with E-state index in [-0.39, 0.29) is 17.3 Å². The predicted octanol–water partition coefficient (Wildman–Crippen LogP) is 2.89. The second-order valence-electron chi connectivity index (χ2n) is 6.88. The molecule has 1 aromatic carbocycles. The third-order valence-corrected chi connectivity index (χ3v) is 5.88. The standard InChI is InChI=1S/C19H23NO3/c1-11-5-7-14(21)17-16(11)19-9-10-20(3)12(2)13(19)6-8-15(22-4)18(19)23-17/h5-8,12,18,21H,9-10H2,1-4H3/t12?,18-,19-/m0/s1. The Labute approximate surface area is 137 Å². The molecular weight excluding hydrogens is 290 g/mol. The van der Waals surface area contributed by atoms with E-state index in [1.165, 1.54) is 11.1 Å². The summed E-state index contributed by atoms with van der Waals surface area (Å²) in [6.07, 6.45) is 4.98. The molecule has 122 valence electrons. The van der Waals surface area contributed by atoms with Gasteiger partial charge in [0, 0.05) is 11.6 Å². The van der Waals surface area contributed by atoms with E-state index in [1.807, 2.05) is 12.1 Å². The van der Waals surface area contributed by atoms with Crippen LogP contribution in [0.4, 0.5) is 0 Å². The largest absolute Gasteiger partial charge is 0.504 e. The summed E-state index contributed by atoms with van der Waals surface area (Å²) < 4.78 is 11.9. The number of likely N-dealkylation sites (N-methyl/N-ethyl adjacent to an activating group) is 1. The zero-order chi connectivity index (χ0) is 16.4. The number of methoxy groups -OCH3 is 1. The van der Waals surface area contributed by atoms with Crippen LogP contribution in [0.2, 0.25) is 0 Å². The van der Waals surface area contributed by atoms with Gasteiger partial charge in [0.1, 0.15) is 5.76 Å². The lowest BCUT2D eigenvalue weighted by atomic mass is 9.61. The molecule has 23 heavy (non-hydrogen) atoms.